The van der Waals surface area contributed by atoms with Gasteiger partial charge in [0, 0.05) is 16.6 Å². The Bertz CT molecular complexity index is 452. The van der Waals surface area contributed by atoms with Gasteiger partial charge in [-0.2, -0.15) is 0 Å². The Balaban J connectivity index is 2.46. The summed E-state index contributed by atoms with van der Waals surface area (Å²) in [6.45, 7) is 3.93. The van der Waals surface area contributed by atoms with Crippen LogP contribution in [0.4, 0.5) is 5.69 Å². The molecule has 0 spiro atoms. The van der Waals surface area contributed by atoms with Gasteiger partial charge in [0.1, 0.15) is 0 Å². The second-order valence-electron chi connectivity index (χ2n) is 4.71. The van der Waals surface area contributed by atoms with E-state index in [0.29, 0.717) is 0 Å². The van der Waals surface area contributed by atoms with Crippen LogP contribution in [-0.4, -0.2) is 17.7 Å². The maximum absolute atomic E-state index is 10.7. The molecule has 1 aromatic rings. The topological polar surface area (TPSA) is 55.5 Å². The van der Waals surface area contributed by atoms with Gasteiger partial charge in [0.05, 0.1) is 11.6 Å². The van der Waals surface area contributed by atoms with E-state index in [1.165, 1.54) is 0 Å². The lowest BCUT2D eigenvalue weighted by Crippen LogP contribution is -2.31. The molecule has 0 saturated carbocycles. The lowest BCUT2D eigenvalue weighted by Gasteiger charge is -2.32. The van der Waals surface area contributed by atoms with E-state index in [0.717, 1.165) is 11.3 Å². The first-order valence-electron chi connectivity index (χ1n) is 5.26. The Hall–Kier alpha value is -1.71. The third-order valence-electron chi connectivity index (χ3n) is 3.08. The van der Waals surface area contributed by atoms with E-state index < -0.39 is 0 Å². The van der Waals surface area contributed by atoms with Crippen LogP contribution in [0.25, 0.3) is 0 Å². The molecule has 0 aliphatic carbocycles. The van der Waals surface area contributed by atoms with Crippen molar-refractivity contribution in [3.8, 4) is 0 Å². The van der Waals surface area contributed by atoms with Gasteiger partial charge in [0.15, 0.2) is 0 Å². The summed E-state index contributed by atoms with van der Waals surface area (Å²) >= 11 is 0. The molecule has 2 rings (SSSR count). The number of aliphatic imine (C=N–C) groups is 1. The number of nitrogens with zero attached hydrogens (tertiary/aromatic N) is 2. The fourth-order valence-electron chi connectivity index (χ4n) is 2.11. The number of para-hydroxylation sites is 1. The minimum Gasteiger partial charge on any atom is -0.265 e. The third kappa shape index (κ3) is 1.83. The van der Waals surface area contributed by atoms with Crippen molar-refractivity contribution in [3.05, 3.63) is 39.9 Å². The summed E-state index contributed by atoms with van der Waals surface area (Å²) < 4.78 is 0. The molecule has 0 bridgehead atoms. The highest BCUT2D eigenvalue weighted by atomic mass is 16.6. The minimum atomic E-state index is -0.262. The Kier molecular flexibility index (Phi) is 2.50. The summed E-state index contributed by atoms with van der Waals surface area (Å²) in [5.41, 5.74) is 1.57. The summed E-state index contributed by atoms with van der Waals surface area (Å²) in [7, 11) is 0. The van der Waals surface area contributed by atoms with Gasteiger partial charge in [-0.3, -0.25) is 15.1 Å². The summed E-state index contributed by atoms with van der Waals surface area (Å²) in [6.07, 6.45) is 1.82. The molecule has 1 aliphatic rings. The van der Waals surface area contributed by atoms with Crippen molar-refractivity contribution in [2.24, 2.45) is 10.4 Å². The Labute approximate surface area is 94.2 Å². The molecule has 4 nitrogen and oxygen atoms in total. The monoisotopic (exact) mass is 218 g/mol. The molecule has 0 fully saturated rings. The molecule has 0 radical (unpaired) electrons. The molecule has 1 aliphatic heterocycles. The van der Waals surface area contributed by atoms with Crippen LogP contribution in [0.5, 0.6) is 0 Å². The minimum absolute atomic E-state index is 0.0456. The van der Waals surface area contributed by atoms with Crippen LogP contribution >= 0.6 is 0 Å². The zero-order chi connectivity index (χ0) is 11.8. The van der Waals surface area contributed by atoms with Gasteiger partial charge < -0.3 is 0 Å². The number of hydrogen-bond acceptors (Lipinski definition) is 3. The first-order chi connectivity index (χ1) is 7.50. The van der Waals surface area contributed by atoms with Crippen LogP contribution in [-0.2, 0) is 0 Å². The van der Waals surface area contributed by atoms with Crippen molar-refractivity contribution in [2.75, 3.05) is 6.54 Å². The van der Waals surface area contributed by atoms with Crippen molar-refractivity contribution < 1.29 is 4.92 Å². The van der Waals surface area contributed by atoms with Crippen LogP contribution in [0.1, 0.15) is 25.3 Å². The molecule has 0 aromatic heterocycles. The first-order valence-corrected chi connectivity index (χ1v) is 5.26. The molecule has 0 N–H and O–H groups in total. The van der Waals surface area contributed by atoms with Crippen LogP contribution in [0.3, 0.4) is 0 Å². The Morgan fingerprint density at radius 1 is 1.44 bits per heavy atom. The van der Waals surface area contributed by atoms with E-state index in [1.54, 1.807) is 0 Å². The van der Waals surface area contributed by atoms with E-state index in [-0.39, 0.29) is 22.8 Å². The summed E-state index contributed by atoms with van der Waals surface area (Å²) in [5, 5.41) is 10.7. The van der Waals surface area contributed by atoms with Crippen LogP contribution in [0.15, 0.2) is 29.3 Å². The fraction of sp³-hybridized carbons (Fsp3) is 0.417. The van der Waals surface area contributed by atoms with Crippen LogP contribution in [0.2, 0.25) is 0 Å². The standard InChI is InChI=1S/C12H14N2O2/c1-12(2)8-13-11-6-4-3-5-9(11)10(12)7-14(15)16/h3-6,8,10H,7H2,1-2H3/t10-/m0/s1. The van der Waals surface area contributed by atoms with E-state index in [2.05, 4.69) is 4.99 Å². The summed E-state index contributed by atoms with van der Waals surface area (Å²) in [4.78, 5) is 14.8. The number of rotatable bonds is 2. The average Bonchev–Trinajstić information content (AvgIpc) is 2.22. The molecular formula is C12H14N2O2. The quantitative estimate of drug-likeness (QED) is 0.566. The molecule has 0 saturated heterocycles. The van der Waals surface area contributed by atoms with Gasteiger partial charge >= 0.3 is 0 Å². The van der Waals surface area contributed by atoms with E-state index in [4.69, 9.17) is 0 Å². The van der Waals surface area contributed by atoms with Crippen molar-refractivity contribution >= 4 is 11.9 Å². The Morgan fingerprint density at radius 2 is 2.12 bits per heavy atom. The van der Waals surface area contributed by atoms with Gasteiger partial charge in [-0.1, -0.05) is 32.0 Å². The number of nitro groups is 1. The van der Waals surface area contributed by atoms with Crippen LogP contribution in [0, 0.1) is 15.5 Å². The number of benzene rings is 1. The van der Waals surface area contributed by atoms with Crippen molar-refractivity contribution in [1.82, 2.24) is 0 Å². The largest absolute Gasteiger partial charge is 0.265 e. The maximum atomic E-state index is 10.7. The van der Waals surface area contributed by atoms with E-state index >= 15 is 0 Å². The third-order valence-corrected chi connectivity index (χ3v) is 3.08. The molecule has 1 atom stereocenters. The lowest BCUT2D eigenvalue weighted by atomic mass is 9.73. The SMILES string of the molecule is CC1(C)C=Nc2ccccc2[C@@H]1C[N+](=O)[O-]. The first kappa shape index (κ1) is 10.8. The average molecular weight is 218 g/mol. The molecule has 16 heavy (non-hydrogen) atoms. The van der Waals surface area contributed by atoms with Gasteiger partial charge in [-0.05, 0) is 11.6 Å². The van der Waals surface area contributed by atoms with Crippen molar-refractivity contribution in [1.29, 1.82) is 0 Å². The molecule has 0 unspecified atom stereocenters. The highest BCUT2D eigenvalue weighted by Crippen LogP contribution is 2.42. The van der Waals surface area contributed by atoms with Gasteiger partial charge in [-0.15, -0.1) is 0 Å². The smallest absolute Gasteiger partial charge is 0.211 e. The Morgan fingerprint density at radius 3 is 2.81 bits per heavy atom. The second kappa shape index (κ2) is 3.70. The van der Waals surface area contributed by atoms with Gasteiger partial charge in [0.2, 0.25) is 6.54 Å². The van der Waals surface area contributed by atoms with Crippen LogP contribution < -0.4 is 0 Å². The van der Waals surface area contributed by atoms with Gasteiger partial charge in [-0.25, -0.2) is 0 Å². The van der Waals surface area contributed by atoms with E-state index in [1.807, 2.05) is 44.3 Å². The number of fused-ring (bicyclic) bond motifs is 1. The summed E-state index contributed by atoms with van der Waals surface area (Å²) in [5.74, 6) is -0.101. The fourth-order valence-corrected chi connectivity index (χ4v) is 2.11. The maximum Gasteiger partial charge on any atom is 0.211 e. The molecule has 84 valence electrons. The molecule has 1 aromatic carbocycles. The lowest BCUT2D eigenvalue weighted by molar-refractivity contribution is -0.485. The normalized spacial score (nSPS) is 21.5. The number of hydrogen-bond donors (Lipinski definition) is 0. The molecule has 4 heteroatoms. The molecular weight excluding hydrogens is 204 g/mol. The molecule has 0 amide bonds. The van der Waals surface area contributed by atoms with Crippen molar-refractivity contribution in [2.45, 2.75) is 19.8 Å². The van der Waals surface area contributed by atoms with E-state index in [9.17, 15) is 10.1 Å². The highest BCUT2D eigenvalue weighted by Gasteiger charge is 2.37. The second-order valence-corrected chi connectivity index (χ2v) is 4.71. The van der Waals surface area contributed by atoms with Crippen molar-refractivity contribution in [3.63, 3.8) is 0 Å². The zero-order valence-electron chi connectivity index (χ0n) is 9.38. The highest BCUT2D eigenvalue weighted by molar-refractivity contribution is 5.75. The molecule has 1 heterocycles. The zero-order valence-corrected chi connectivity index (χ0v) is 9.38. The predicted octanol–water partition coefficient (Wildman–Crippen LogP) is 2.79. The summed E-state index contributed by atoms with van der Waals surface area (Å²) in [6, 6.07) is 7.64. The predicted molar refractivity (Wildman–Crippen MR) is 63.0 cm³/mol. The van der Waals surface area contributed by atoms with Gasteiger partial charge in [0.25, 0.3) is 0 Å².